The Bertz CT molecular complexity index is 2060. The van der Waals surface area contributed by atoms with Crippen molar-refractivity contribution in [3.63, 3.8) is 0 Å². The first kappa shape index (κ1) is 35.7. The maximum Gasteiger partial charge on any atom is 0.256 e. The number of aryl methyl sites for hydroxylation is 1. The van der Waals surface area contributed by atoms with Gasteiger partial charge in [0.1, 0.15) is 28.2 Å². The Kier molecular flexibility index (Phi) is 9.33. The van der Waals surface area contributed by atoms with Gasteiger partial charge in [-0.3, -0.25) is 9.69 Å². The van der Waals surface area contributed by atoms with Gasteiger partial charge < -0.3 is 9.47 Å². The lowest BCUT2D eigenvalue weighted by Gasteiger charge is -2.45. The van der Waals surface area contributed by atoms with E-state index in [2.05, 4.69) is 39.3 Å². The predicted octanol–water partition coefficient (Wildman–Crippen LogP) is 7.27. The van der Waals surface area contributed by atoms with E-state index in [-0.39, 0.29) is 18.9 Å². The number of nitrogens with zero attached hydrogens (tertiary/aromatic N) is 4. The Balaban J connectivity index is 1.08. The maximum absolute atomic E-state index is 15.1. The molecule has 1 aromatic heterocycles. The first-order valence-corrected chi connectivity index (χ1v) is 19.4. The summed E-state index contributed by atoms with van der Waals surface area (Å²) in [7, 11) is -4.37. The number of hydrogen-bond donors (Lipinski definition) is 1. The molecular formula is C39H46F3N5O3S. The lowest BCUT2D eigenvalue weighted by atomic mass is 9.70. The number of rotatable bonds is 8. The Labute approximate surface area is 298 Å². The number of carbonyl (C=O) groups excluding carboxylic acids is 1. The first-order valence-electron chi connectivity index (χ1n) is 17.9. The normalized spacial score (nSPS) is 22.5. The monoisotopic (exact) mass is 721 g/mol. The zero-order chi connectivity index (χ0) is 36.3. The lowest BCUT2D eigenvalue weighted by molar-refractivity contribution is 0.0602. The summed E-state index contributed by atoms with van der Waals surface area (Å²) >= 11 is 0. The van der Waals surface area contributed by atoms with Crippen molar-refractivity contribution >= 4 is 27.0 Å². The minimum atomic E-state index is -4.37. The van der Waals surface area contributed by atoms with E-state index in [1.807, 2.05) is 12.1 Å². The molecule has 4 aromatic rings. The zero-order valence-corrected chi connectivity index (χ0v) is 30.4. The molecule has 1 amide bonds. The van der Waals surface area contributed by atoms with E-state index in [0.29, 0.717) is 37.0 Å². The summed E-state index contributed by atoms with van der Waals surface area (Å²) in [5, 5.41) is 0. The minimum Gasteiger partial charge on any atom is -0.338 e. The molecular weight excluding hydrogens is 676 g/mol. The molecule has 272 valence electrons. The van der Waals surface area contributed by atoms with Crippen LogP contribution in [0.3, 0.4) is 0 Å². The molecule has 0 saturated carbocycles. The number of aromatic nitrogens is 2. The number of carbonyl (C=O) groups is 1. The van der Waals surface area contributed by atoms with E-state index in [0.717, 1.165) is 61.6 Å². The summed E-state index contributed by atoms with van der Waals surface area (Å²) in [6.45, 7) is 8.26. The van der Waals surface area contributed by atoms with Crippen molar-refractivity contribution in [2.45, 2.75) is 107 Å². The molecule has 2 atom stereocenters. The average Bonchev–Trinajstić information content (AvgIpc) is 3.52. The number of likely N-dealkylation sites (tertiary alicyclic amines) is 1. The largest absolute Gasteiger partial charge is 0.338 e. The highest BCUT2D eigenvalue weighted by Gasteiger charge is 2.44. The van der Waals surface area contributed by atoms with Crippen molar-refractivity contribution in [2.75, 3.05) is 19.6 Å². The van der Waals surface area contributed by atoms with Gasteiger partial charge >= 0.3 is 0 Å². The van der Waals surface area contributed by atoms with E-state index in [1.54, 1.807) is 32.9 Å². The van der Waals surface area contributed by atoms with Crippen LogP contribution in [-0.4, -0.2) is 70.9 Å². The summed E-state index contributed by atoms with van der Waals surface area (Å²) < 4.78 is 75.3. The molecule has 1 N–H and O–H groups in total. The molecule has 3 aliphatic rings. The summed E-state index contributed by atoms with van der Waals surface area (Å²) in [5.74, 6) is -2.36. The molecule has 2 bridgehead atoms. The third-order valence-corrected chi connectivity index (χ3v) is 13.0. The molecule has 4 heterocycles. The predicted molar refractivity (Wildman–Crippen MR) is 191 cm³/mol. The third-order valence-electron chi connectivity index (χ3n) is 11.3. The summed E-state index contributed by atoms with van der Waals surface area (Å²) in [6, 6.07) is 17.5. The topological polar surface area (TPSA) is 87.5 Å². The molecule has 3 fully saturated rings. The van der Waals surface area contributed by atoms with E-state index in [9.17, 15) is 22.0 Å². The second-order valence-corrected chi connectivity index (χ2v) is 17.4. The van der Waals surface area contributed by atoms with Gasteiger partial charge in [-0.2, -0.15) is 0 Å². The highest BCUT2D eigenvalue weighted by molar-refractivity contribution is 7.89. The molecule has 3 aromatic carbocycles. The first-order chi connectivity index (χ1) is 24.1. The van der Waals surface area contributed by atoms with Gasteiger partial charge in [-0.05, 0) is 120 Å². The molecule has 51 heavy (non-hydrogen) atoms. The van der Waals surface area contributed by atoms with Crippen molar-refractivity contribution in [1.82, 2.24) is 24.1 Å². The molecule has 2 unspecified atom stereocenters. The van der Waals surface area contributed by atoms with Gasteiger partial charge in [0.05, 0.1) is 16.6 Å². The van der Waals surface area contributed by atoms with Crippen LogP contribution in [0.25, 0.3) is 11.0 Å². The molecule has 0 radical (unpaired) electrons. The molecule has 8 nitrogen and oxygen atoms in total. The summed E-state index contributed by atoms with van der Waals surface area (Å²) in [4.78, 5) is 21.9. The number of benzene rings is 3. The molecule has 3 saturated heterocycles. The smallest absolute Gasteiger partial charge is 0.256 e. The van der Waals surface area contributed by atoms with Crippen LogP contribution >= 0.6 is 0 Å². The van der Waals surface area contributed by atoms with E-state index in [4.69, 9.17) is 4.98 Å². The quantitative estimate of drug-likeness (QED) is 0.207. The van der Waals surface area contributed by atoms with Crippen molar-refractivity contribution in [1.29, 1.82) is 0 Å². The van der Waals surface area contributed by atoms with Crippen LogP contribution < -0.4 is 4.72 Å². The van der Waals surface area contributed by atoms with Gasteiger partial charge in [0.25, 0.3) is 5.91 Å². The SMILES string of the molecule is Cc1nc2ccccc2n1C1CC2CCC(C1)N2CCC1(c2cccc(F)c2)CCN(C(=O)c2cc(S(=O)(=O)NC(C)(C)C)c(F)cc2F)CC1. The van der Waals surface area contributed by atoms with E-state index >= 15 is 4.39 Å². The number of halogens is 3. The average molecular weight is 722 g/mol. The molecule has 7 rings (SSSR count). The van der Waals surface area contributed by atoms with Crippen LogP contribution in [0.15, 0.2) is 65.6 Å². The highest BCUT2D eigenvalue weighted by Crippen LogP contribution is 2.45. The van der Waals surface area contributed by atoms with Gasteiger partial charge in [0.15, 0.2) is 0 Å². The van der Waals surface area contributed by atoms with E-state index in [1.165, 1.54) is 16.5 Å². The van der Waals surface area contributed by atoms with E-state index < -0.39 is 49.0 Å². The number of sulfonamides is 1. The maximum atomic E-state index is 15.1. The number of para-hydroxylation sites is 2. The Morgan fingerprint density at radius 1 is 0.922 bits per heavy atom. The van der Waals surface area contributed by atoms with Gasteiger partial charge in [-0.15, -0.1) is 0 Å². The van der Waals surface area contributed by atoms with Crippen LogP contribution in [-0.2, 0) is 15.4 Å². The fourth-order valence-electron chi connectivity index (χ4n) is 8.96. The highest BCUT2D eigenvalue weighted by atomic mass is 32.2. The molecule has 3 aliphatic heterocycles. The van der Waals surface area contributed by atoms with Crippen molar-refractivity contribution in [3.05, 3.63) is 95.1 Å². The Morgan fingerprint density at radius 2 is 1.61 bits per heavy atom. The number of nitrogens with one attached hydrogen (secondary N) is 1. The van der Waals surface area contributed by atoms with Crippen LogP contribution in [0, 0.1) is 24.4 Å². The number of amides is 1. The van der Waals surface area contributed by atoms with Gasteiger partial charge in [0, 0.05) is 42.8 Å². The second-order valence-electron chi connectivity index (χ2n) is 15.7. The van der Waals surface area contributed by atoms with Crippen molar-refractivity contribution in [2.24, 2.45) is 0 Å². The minimum absolute atomic E-state index is 0.260. The standard InChI is InChI=1S/C39H46F3N5O3S/c1-25-43-34-10-5-6-11-35(34)47(25)30-21-28-12-13-29(22-30)46(28)19-16-39(26-8-7-9-27(40)20-26)14-17-45(18-15-39)37(48)31-23-36(33(42)24-32(31)41)51(49,50)44-38(2,3)4/h5-11,20,23-24,28-30,44H,12-19,21-22H2,1-4H3. The van der Waals surface area contributed by atoms with Crippen LogP contribution in [0.5, 0.6) is 0 Å². The fraction of sp³-hybridized carbons (Fsp3) is 0.487. The molecule has 0 spiro atoms. The third kappa shape index (κ3) is 6.94. The Hall–Kier alpha value is -3.74. The number of fused-ring (bicyclic) bond motifs is 3. The number of hydrogen-bond acceptors (Lipinski definition) is 5. The summed E-state index contributed by atoms with van der Waals surface area (Å²) in [6.07, 6.45) is 6.16. The van der Waals surface area contributed by atoms with Crippen LogP contribution in [0.2, 0.25) is 0 Å². The molecule has 0 aliphatic carbocycles. The van der Waals surface area contributed by atoms with Crippen molar-refractivity contribution in [3.8, 4) is 0 Å². The summed E-state index contributed by atoms with van der Waals surface area (Å²) in [5.41, 5.74) is 1.26. The van der Waals surface area contributed by atoms with Crippen LogP contribution in [0.4, 0.5) is 13.2 Å². The van der Waals surface area contributed by atoms with Crippen molar-refractivity contribution < 1.29 is 26.4 Å². The lowest BCUT2D eigenvalue weighted by Crippen LogP contribution is -2.49. The number of imidazole rings is 1. The van der Waals surface area contributed by atoms with Gasteiger partial charge in [-0.1, -0.05) is 24.3 Å². The van der Waals surface area contributed by atoms with Gasteiger partial charge in [-0.25, -0.2) is 31.3 Å². The fourth-order valence-corrected chi connectivity index (χ4v) is 10.5. The Morgan fingerprint density at radius 3 is 2.27 bits per heavy atom. The second kappa shape index (κ2) is 13.3. The zero-order valence-electron chi connectivity index (χ0n) is 29.6. The van der Waals surface area contributed by atoms with Gasteiger partial charge in [0.2, 0.25) is 10.0 Å². The molecule has 12 heteroatoms. The van der Waals surface area contributed by atoms with Crippen LogP contribution in [0.1, 0.15) is 93.5 Å². The number of piperidine rings is 2.